The summed E-state index contributed by atoms with van der Waals surface area (Å²) in [6.07, 6.45) is 13.0. The van der Waals surface area contributed by atoms with Crippen molar-refractivity contribution in [2.75, 3.05) is 7.11 Å². The molecular weight excluding hydrogens is 288 g/mol. The Morgan fingerprint density at radius 2 is 2.00 bits per heavy atom. The molecule has 0 aliphatic heterocycles. The number of hydrogen-bond acceptors (Lipinski definition) is 3. The van der Waals surface area contributed by atoms with Crippen LogP contribution in [0.4, 0.5) is 0 Å². The monoisotopic (exact) mass is 318 g/mol. The number of allylic oxidation sites excluding steroid dienone is 3. The Kier molecular flexibility index (Phi) is 3.40. The van der Waals surface area contributed by atoms with E-state index in [4.69, 9.17) is 4.74 Å². The van der Waals surface area contributed by atoms with Crippen LogP contribution in [0.15, 0.2) is 23.8 Å². The third kappa shape index (κ3) is 1.93. The summed E-state index contributed by atoms with van der Waals surface area (Å²) in [6, 6.07) is 0. The summed E-state index contributed by atoms with van der Waals surface area (Å²) in [4.78, 5) is 0. The highest BCUT2D eigenvalue weighted by Crippen LogP contribution is 2.65. The molecular formula is C20H30O3. The molecule has 0 aromatic rings. The van der Waals surface area contributed by atoms with Crippen molar-refractivity contribution in [2.24, 2.45) is 28.6 Å². The van der Waals surface area contributed by atoms with Gasteiger partial charge in [-0.1, -0.05) is 37.6 Å². The molecule has 4 rings (SSSR count). The minimum absolute atomic E-state index is 0.134. The number of fused-ring (bicyclic) bond motifs is 5. The topological polar surface area (TPSA) is 49.7 Å². The Morgan fingerprint density at radius 3 is 2.74 bits per heavy atom. The van der Waals surface area contributed by atoms with Crippen molar-refractivity contribution in [1.82, 2.24) is 0 Å². The van der Waals surface area contributed by atoms with Gasteiger partial charge in [0.2, 0.25) is 0 Å². The number of rotatable bonds is 1. The Labute approximate surface area is 139 Å². The molecule has 3 nitrogen and oxygen atoms in total. The molecule has 2 N–H and O–H groups in total. The van der Waals surface area contributed by atoms with Crippen LogP contribution in [0.3, 0.4) is 0 Å². The summed E-state index contributed by atoms with van der Waals surface area (Å²) in [5.74, 6) is -0.267. The van der Waals surface area contributed by atoms with E-state index in [-0.39, 0.29) is 11.5 Å². The third-order valence-electron chi connectivity index (χ3n) is 7.91. The van der Waals surface area contributed by atoms with Crippen LogP contribution in [0.1, 0.15) is 52.4 Å². The van der Waals surface area contributed by atoms with Gasteiger partial charge in [-0.15, -0.1) is 0 Å². The molecule has 4 aliphatic rings. The van der Waals surface area contributed by atoms with Gasteiger partial charge >= 0.3 is 0 Å². The predicted molar refractivity (Wildman–Crippen MR) is 89.6 cm³/mol. The predicted octanol–water partition coefficient (Wildman–Crippen LogP) is 3.42. The Morgan fingerprint density at radius 1 is 1.22 bits per heavy atom. The molecule has 0 heterocycles. The molecule has 0 bridgehead atoms. The Bertz CT molecular complexity index is 563. The lowest BCUT2D eigenvalue weighted by molar-refractivity contribution is -0.236. The molecule has 128 valence electrons. The van der Waals surface area contributed by atoms with Gasteiger partial charge < -0.3 is 14.9 Å². The van der Waals surface area contributed by atoms with E-state index in [1.165, 1.54) is 18.4 Å². The molecule has 0 amide bonds. The SMILES string of the molecule is COC1CC2CCC=C[C@]2(C)C2=CC[C@@]3(C)[C@@H](CCC3(O)O)[C@@H]21. The third-order valence-corrected chi connectivity index (χ3v) is 7.91. The first-order valence-electron chi connectivity index (χ1n) is 9.19. The molecule has 3 heteroatoms. The molecule has 2 unspecified atom stereocenters. The van der Waals surface area contributed by atoms with Crippen LogP contribution in [-0.4, -0.2) is 29.2 Å². The highest BCUT2D eigenvalue weighted by atomic mass is 16.5. The highest BCUT2D eigenvalue weighted by Gasteiger charge is 2.63. The minimum atomic E-state index is -1.54. The second-order valence-corrected chi connectivity index (χ2v) is 8.74. The average molecular weight is 318 g/mol. The summed E-state index contributed by atoms with van der Waals surface area (Å²) < 4.78 is 5.95. The largest absolute Gasteiger partial charge is 0.381 e. The van der Waals surface area contributed by atoms with E-state index in [1.54, 1.807) is 0 Å². The fourth-order valence-corrected chi connectivity index (χ4v) is 6.29. The molecule has 0 saturated heterocycles. The zero-order valence-electron chi connectivity index (χ0n) is 14.6. The van der Waals surface area contributed by atoms with Crippen molar-refractivity contribution >= 4 is 0 Å². The molecule has 0 aromatic heterocycles. The van der Waals surface area contributed by atoms with E-state index in [2.05, 4.69) is 32.1 Å². The maximum absolute atomic E-state index is 10.6. The lowest BCUT2D eigenvalue weighted by Crippen LogP contribution is -2.55. The quantitative estimate of drug-likeness (QED) is 0.575. The smallest absolute Gasteiger partial charge is 0.168 e. The number of hydrogen-bond donors (Lipinski definition) is 2. The molecule has 6 atom stereocenters. The Balaban J connectivity index is 1.82. The summed E-state index contributed by atoms with van der Waals surface area (Å²) in [7, 11) is 1.83. The first-order valence-corrected chi connectivity index (χ1v) is 9.19. The normalized spacial score (nSPS) is 50.7. The van der Waals surface area contributed by atoms with Crippen LogP contribution in [0.5, 0.6) is 0 Å². The molecule has 2 saturated carbocycles. The van der Waals surface area contributed by atoms with Crippen LogP contribution >= 0.6 is 0 Å². The van der Waals surface area contributed by atoms with E-state index in [9.17, 15) is 10.2 Å². The number of methoxy groups -OCH3 is 1. The first-order chi connectivity index (χ1) is 10.8. The van der Waals surface area contributed by atoms with E-state index in [1.807, 2.05) is 7.11 Å². The second-order valence-electron chi connectivity index (χ2n) is 8.74. The van der Waals surface area contributed by atoms with Crippen LogP contribution in [-0.2, 0) is 4.74 Å². The van der Waals surface area contributed by atoms with Gasteiger partial charge in [0.25, 0.3) is 0 Å². The molecule has 23 heavy (non-hydrogen) atoms. The van der Waals surface area contributed by atoms with Gasteiger partial charge in [-0.3, -0.25) is 0 Å². The highest BCUT2D eigenvalue weighted by molar-refractivity contribution is 5.35. The van der Waals surface area contributed by atoms with Crippen molar-refractivity contribution in [3.63, 3.8) is 0 Å². The first kappa shape index (κ1) is 15.9. The van der Waals surface area contributed by atoms with E-state index < -0.39 is 11.2 Å². The summed E-state index contributed by atoms with van der Waals surface area (Å²) >= 11 is 0. The van der Waals surface area contributed by atoms with E-state index in [0.717, 1.165) is 19.3 Å². The average Bonchev–Trinajstić information content (AvgIpc) is 2.76. The van der Waals surface area contributed by atoms with Crippen LogP contribution in [0.25, 0.3) is 0 Å². The summed E-state index contributed by atoms with van der Waals surface area (Å²) in [5, 5.41) is 21.1. The number of ether oxygens (including phenoxy) is 1. The van der Waals surface area contributed by atoms with Crippen LogP contribution < -0.4 is 0 Å². The van der Waals surface area contributed by atoms with Gasteiger partial charge in [-0.2, -0.15) is 0 Å². The fraction of sp³-hybridized carbons (Fsp3) is 0.800. The standard InChI is InChI=1S/C20H30O3/c1-18-9-5-4-6-13(18)12-16(23-3)17-14(18)7-10-19(2)15(17)8-11-20(19,21)22/h5,7,9,13,15-17,21-22H,4,6,8,10-12H2,1-3H3/t13?,15-,16?,17+,18-,19-/m0/s1. The van der Waals surface area contributed by atoms with Crippen LogP contribution in [0, 0.1) is 28.6 Å². The summed E-state index contributed by atoms with van der Waals surface area (Å²) in [6.45, 7) is 4.45. The van der Waals surface area contributed by atoms with Gasteiger partial charge in [0, 0.05) is 30.3 Å². The minimum Gasteiger partial charge on any atom is -0.381 e. The van der Waals surface area contributed by atoms with Gasteiger partial charge in [0.15, 0.2) is 5.79 Å². The molecule has 4 aliphatic carbocycles. The van der Waals surface area contributed by atoms with Crippen molar-refractivity contribution < 1.29 is 14.9 Å². The fourth-order valence-electron chi connectivity index (χ4n) is 6.29. The zero-order valence-corrected chi connectivity index (χ0v) is 14.6. The number of aliphatic hydroxyl groups is 2. The van der Waals surface area contributed by atoms with Crippen molar-refractivity contribution in [3.05, 3.63) is 23.8 Å². The van der Waals surface area contributed by atoms with E-state index >= 15 is 0 Å². The maximum atomic E-state index is 10.6. The lowest BCUT2D eigenvalue weighted by Gasteiger charge is -2.57. The van der Waals surface area contributed by atoms with Crippen molar-refractivity contribution in [2.45, 2.75) is 64.3 Å². The molecule has 0 spiro atoms. The van der Waals surface area contributed by atoms with E-state index in [0.29, 0.717) is 24.2 Å². The van der Waals surface area contributed by atoms with Gasteiger partial charge in [-0.05, 0) is 43.9 Å². The summed E-state index contributed by atoms with van der Waals surface area (Å²) in [5.41, 5.74) is 1.20. The van der Waals surface area contributed by atoms with Crippen molar-refractivity contribution in [3.8, 4) is 0 Å². The molecule has 0 aromatic carbocycles. The van der Waals surface area contributed by atoms with Gasteiger partial charge in [0.1, 0.15) is 0 Å². The van der Waals surface area contributed by atoms with Crippen molar-refractivity contribution in [1.29, 1.82) is 0 Å². The second kappa shape index (κ2) is 4.93. The molecule has 2 fully saturated rings. The zero-order chi connectivity index (χ0) is 16.5. The maximum Gasteiger partial charge on any atom is 0.168 e. The Hall–Kier alpha value is -0.640. The molecule has 0 radical (unpaired) electrons. The van der Waals surface area contributed by atoms with Gasteiger partial charge in [0.05, 0.1) is 6.10 Å². The van der Waals surface area contributed by atoms with Gasteiger partial charge in [-0.25, -0.2) is 0 Å². The van der Waals surface area contributed by atoms with Crippen LogP contribution in [0.2, 0.25) is 0 Å². The lowest BCUT2D eigenvalue weighted by atomic mass is 9.49.